The third-order valence-electron chi connectivity index (χ3n) is 2.81. The van der Waals surface area contributed by atoms with Crippen molar-refractivity contribution in [3.05, 3.63) is 17.8 Å². The fourth-order valence-electron chi connectivity index (χ4n) is 2.36. The van der Waals surface area contributed by atoms with Gasteiger partial charge in [-0.1, -0.05) is 34.6 Å². The Morgan fingerprint density at radius 3 is 2.72 bits per heavy atom. The third-order valence-corrected chi connectivity index (χ3v) is 2.81. The van der Waals surface area contributed by atoms with Gasteiger partial charge >= 0.3 is 0 Å². The van der Waals surface area contributed by atoms with Gasteiger partial charge < -0.3 is 9.73 Å². The molecule has 3 heteroatoms. The predicted molar refractivity (Wildman–Crippen MR) is 75.4 cm³/mol. The maximum atomic E-state index is 5.74. The van der Waals surface area contributed by atoms with Crippen molar-refractivity contribution in [2.24, 2.45) is 11.3 Å². The molecule has 0 aromatic carbocycles. The van der Waals surface area contributed by atoms with Crippen LogP contribution in [0.1, 0.15) is 59.1 Å². The number of rotatable bonds is 7. The average molecular weight is 252 g/mol. The molecule has 0 aliphatic carbocycles. The third kappa shape index (κ3) is 6.20. The Kier molecular flexibility index (Phi) is 5.86. The first-order chi connectivity index (χ1) is 8.40. The number of hydrogen-bond acceptors (Lipinski definition) is 3. The lowest BCUT2D eigenvalue weighted by molar-refractivity contribution is 0.293. The molecule has 1 aromatic heterocycles. The van der Waals surface area contributed by atoms with Crippen molar-refractivity contribution in [2.75, 3.05) is 6.54 Å². The van der Waals surface area contributed by atoms with E-state index < -0.39 is 0 Å². The van der Waals surface area contributed by atoms with Crippen LogP contribution in [0, 0.1) is 11.3 Å². The average Bonchev–Trinajstić information content (AvgIpc) is 2.63. The molecule has 1 aromatic rings. The molecule has 3 nitrogen and oxygen atoms in total. The molecule has 0 aliphatic heterocycles. The molecule has 1 heterocycles. The van der Waals surface area contributed by atoms with E-state index in [1.165, 1.54) is 6.42 Å². The zero-order chi connectivity index (χ0) is 13.6. The lowest BCUT2D eigenvalue weighted by atomic mass is 9.84. The molecule has 0 saturated carbocycles. The fourth-order valence-corrected chi connectivity index (χ4v) is 2.36. The normalized spacial score (nSPS) is 13.8. The van der Waals surface area contributed by atoms with Crippen molar-refractivity contribution in [3.8, 4) is 0 Å². The van der Waals surface area contributed by atoms with E-state index in [1.54, 1.807) is 0 Å². The summed E-state index contributed by atoms with van der Waals surface area (Å²) in [5.74, 6) is 2.45. The van der Waals surface area contributed by atoms with Gasteiger partial charge in [-0.3, -0.25) is 0 Å². The quantitative estimate of drug-likeness (QED) is 0.750. The van der Waals surface area contributed by atoms with Crippen molar-refractivity contribution in [1.29, 1.82) is 0 Å². The van der Waals surface area contributed by atoms with Crippen LogP contribution in [0.15, 0.2) is 10.6 Å². The second-order valence-corrected chi connectivity index (χ2v) is 6.47. The summed E-state index contributed by atoms with van der Waals surface area (Å²) in [6, 6.07) is 0. The van der Waals surface area contributed by atoms with E-state index in [0.29, 0.717) is 11.3 Å². The van der Waals surface area contributed by atoms with Gasteiger partial charge in [-0.2, -0.15) is 0 Å². The first kappa shape index (κ1) is 15.2. The summed E-state index contributed by atoms with van der Waals surface area (Å²) in [7, 11) is 0. The number of nitrogens with one attached hydrogen (secondary N) is 1. The van der Waals surface area contributed by atoms with Crippen LogP contribution in [0.25, 0.3) is 0 Å². The Balaban J connectivity index is 2.38. The van der Waals surface area contributed by atoms with Crippen LogP contribution in [0.4, 0.5) is 0 Å². The molecule has 0 saturated heterocycles. The maximum Gasteiger partial charge on any atom is 0.208 e. The Hall–Kier alpha value is -0.830. The van der Waals surface area contributed by atoms with Gasteiger partial charge in [-0.25, -0.2) is 4.98 Å². The molecule has 18 heavy (non-hydrogen) atoms. The fraction of sp³-hybridized carbons (Fsp3) is 0.800. The summed E-state index contributed by atoms with van der Waals surface area (Å²) < 4.78 is 5.74. The number of hydrogen-bond donors (Lipinski definition) is 1. The standard InChI is InChI=1S/C15H28N2O/c1-6-7-16-11-14-17-10-13(18-14)8-12(2)9-15(3,4)5/h10,12,16H,6-9,11H2,1-5H3. The van der Waals surface area contributed by atoms with Crippen LogP contribution in [-0.4, -0.2) is 11.5 Å². The molecule has 1 rings (SSSR count). The molecule has 0 spiro atoms. The number of aromatic nitrogens is 1. The van der Waals surface area contributed by atoms with Crippen LogP contribution in [0.5, 0.6) is 0 Å². The Labute approximate surface area is 111 Å². The van der Waals surface area contributed by atoms with Crippen molar-refractivity contribution < 1.29 is 4.42 Å². The van der Waals surface area contributed by atoms with Gasteiger partial charge in [0.2, 0.25) is 5.89 Å². The van der Waals surface area contributed by atoms with E-state index in [1.807, 2.05) is 6.20 Å². The van der Waals surface area contributed by atoms with Crippen LogP contribution >= 0.6 is 0 Å². The minimum absolute atomic E-state index is 0.380. The van der Waals surface area contributed by atoms with Crippen molar-refractivity contribution >= 4 is 0 Å². The molecule has 0 fully saturated rings. The molecule has 0 amide bonds. The predicted octanol–water partition coefficient (Wildman–Crippen LogP) is 3.79. The summed E-state index contributed by atoms with van der Waals surface area (Å²) in [4.78, 5) is 4.31. The molecule has 0 radical (unpaired) electrons. The molecule has 104 valence electrons. The smallest absolute Gasteiger partial charge is 0.208 e. The lowest BCUT2D eigenvalue weighted by Gasteiger charge is -2.22. The van der Waals surface area contributed by atoms with Gasteiger partial charge in [-0.15, -0.1) is 0 Å². The zero-order valence-corrected chi connectivity index (χ0v) is 12.5. The largest absolute Gasteiger partial charge is 0.444 e. The second kappa shape index (κ2) is 6.93. The molecule has 0 aliphatic rings. The Morgan fingerprint density at radius 1 is 1.39 bits per heavy atom. The lowest BCUT2D eigenvalue weighted by Crippen LogP contribution is -2.14. The van der Waals surface area contributed by atoms with Crippen molar-refractivity contribution in [3.63, 3.8) is 0 Å². The highest BCUT2D eigenvalue weighted by molar-refractivity contribution is 4.95. The molecular weight excluding hydrogens is 224 g/mol. The first-order valence-electron chi connectivity index (χ1n) is 7.05. The van der Waals surface area contributed by atoms with Crippen LogP contribution < -0.4 is 5.32 Å². The summed E-state index contributed by atoms with van der Waals surface area (Å²) in [6.45, 7) is 13.0. The highest BCUT2D eigenvalue weighted by Gasteiger charge is 2.17. The molecule has 1 atom stereocenters. The maximum absolute atomic E-state index is 5.74. The molecular formula is C15H28N2O. The van der Waals surface area contributed by atoms with E-state index in [2.05, 4.69) is 44.9 Å². The summed E-state index contributed by atoms with van der Waals surface area (Å²) in [5, 5.41) is 3.30. The monoisotopic (exact) mass is 252 g/mol. The van der Waals surface area contributed by atoms with Gasteiger partial charge in [0.15, 0.2) is 0 Å². The van der Waals surface area contributed by atoms with Gasteiger partial charge in [0.25, 0.3) is 0 Å². The van der Waals surface area contributed by atoms with Crippen molar-refractivity contribution in [1.82, 2.24) is 10.3 Å². The van der Waals surface area contributed by atoms with Gasteiger partial charge in [-0.05, 0) is 30.7 Å². The summed E-state index contributed by atoms with van der Waals surface area (Å²) in [5.41, 5.74) is 0.380. The SMILES string of the molecule is CCCNCc1ncc(CC(C)CC(C)(C)C)o1. The van der Waals surface area contributed by atoms with E-state index >= 15 is 0 Å². The van der Waals surface area contributed by atoms with E-state index in [9.17, 15) is 0 Å². The topological polar surface area (TPSA) is 38.1 Å². The van der Waals surface area contributed by atoms with Crippen LogP contribution in [0.2, 0.25) is 0 Å². The number of oxazole rings is 1. The minimum atomic E-state index is 0.380. The molecule has 1 N–H and O–H groups in total. The summed E-state index contributed by atoms with van der Waals surface area (Å²) >= 11 is 0. The number of nitrogens with zero attached hydrogens (tertiary/aromatic N) is 1. The highest BCUT2D eigenvalue weighted by Crippen LogP contribution is 2.26. The van der Waals surface area contributed by atoms with Crippen LogP contribution in [-0.2, 0) is 13.0 Å². The minimum Gasteiger partial charge on any atom is -0.444 e. The summed E-state index contributed by atoms with van der Waals surface area (Å²) in [6.07, 6.45) is 5.20. The second-order valence-electron chi connectivity index (χ2n) is 6.47. The highest BCUT2D eigenvalue weighted by atomic mass is 16.4. The van der Waals surface area contributed by atoms with Crippen molar-refractivity contribution in [2.45, 2.75) is 60.4 Å². The molecule has 0 bridgehead atoms. The van der Waals surface area contributed by atoms with E-state index in [4.69, 9.17) is 4.42 Å². The Bertz CT molecular complexity index is 339. The molecule has 1 unspecified atom stereocenters. The zero-order valence-electron chi connectivity index (χ0n) is 12.5. The first-order valence-corrected chi connectivity index (χ1v) is 7.05. The van der Waals surface area contributed by atoms with Gasteiger partial charge in [0.05, 0.1) is 12.7 Å². The van der Waals surface area contributed by atoms with Gasteiger partial charge in [0.1, 0.15) is 5.76 Å². The van der Waals surface area contributed by atoms with E-state index in [-0.39, 0.29) is 0 Å². The van der Waals surface area contributed by atoms with E-state index in [0.717, 1.165) is 37.6 Å². The Morgan fingerprint density at radius 2 is 2.11 bits per heavy atom. The van der Waals surface area contributed by atoms with Gasteiger partial charge in [0, 0.05) is 6.42 Å². The van der Waals surface area contributed by atoms with Crippen LogP contribution in [0.3, 0.4) is 0 Å².